The lowest BCUT2D eigenvalue weighted by molar-refractivity contribution is 0.745. The number of para-hydroxylation sites is 1. The highest BCUT2D eigenvalue weighted by Gasteiger charge is 2.37. The zero-order chi connectivity index (χ0) is 38.4. The number of nitrogens with zero attached hydrogens (tertiary/aromatic N) is 2. The molecule has 1 aliphatic heterocycles. The Morgan fingerprint density at radius 3 is 1.67 bits per heavy atom. The van der Waals surface area contributed by atoms with Gasteiger partial charge in [-0.1, -0.05) is 176 Å². The fraction of sp³-hybridized carbons (Fsp3) is 0.0357. The van der Waals surface area contributed by atoms with Gasteiger partial charge in [0.1, 0.15) is 0 Å². The Kier molecular flexibility index (Phi) is 8.33. The monoisotopic (exact) mass is 740 g/mol. The van der Waals surface area contributed by atoms with Gasteiger partial charge in [0.15, 0.2) is 0 Å². The van der Waals surface area contributed by atoms with Crippen molar-refractivity contribution in [1.82, 2.24) is 0 Å². The van der Waals surface area contributed by atoms with Gasteiger partial charge in [-0.05, 0) is 115 Å². The number of fused-ring (bicyclic) bond motifs is 5. The minimum Gasteiger partial charge on any atom is -0.333 e. The van der Waals surface area contributed by atoms with Gasteiger partial charge in [-0.3, -0.25) is 0 Å². The summed E-state index contributed by atoms with van der Waals surface area (Å²) < 4.78 is 0. The normalized spacial score (nSPS) is 15.4. The van der Waals surface area contributed by atoms with Gasteiger partial charge in [-0.25, -0.2) is 0 Å². The second-order valence-electron chi connectivity index (χ2n) is 15.3. The summed E-state index contributed by atoms with van der Waals surface area (Å²) in [4.78, 5) is 4.91. The van der Waals surface area contributed by atoms with E-state index >= 15 is 0 Å². The summed E-state index contributed by atoms with van der Waals surface area (Å²) in [5.41, 5.74) is 14.4. The minimum absolute atomic E-state index is 0.255. The zero-order valence-corrected chi connectivity index (χ0v) is 32.0. The van der Waals surface area contributed by atoms with Crippen molar-refractivity contribution in [3.05, 3.63) is 236 Å². The molecule has 0 amide bonds. The van der Waals surface area contributed by atoms with Gasteiger partial charge in [0.25, 0.3) is 0 Å². The number of rotatable bonds is 7. The minimum atomic E-state index is 0.255. The predicted octanol–water partition coefficient (Wildman–Crippen LogP) is 15.2. The van der Waals surface area contributed by atoms with Crippen LogP contribution in [0.3, 0.4) is 0 Å². The van der Waals surface area contributed by atoms with E-state index < -0.39 is 0 Å². The Morgan fingerprint density at radius 2 is 0.931 bits per heavy atom. The van der Waals surface area contributed by atoms with E-state index in [1.165, 1.54) is 71.9 Å². The van der Waals surface area contributed by atoms with Crippen molar-refractivity contribution in [2.45, 2.75) is 12.0 Å². The molecular formula is C56H40N2. The number of benzene rings is 9. The van der Waals surface area contributed by atoms with Crippen LogP contribution in [0.5, 0.6) is 0 Å². The second kappa shape index (κ2) is 14.3. The van der Waals surface area contributed by atoms with Gasteiger partial charge in [0, 0.05) is 34.4 Å². The van der Waals surface area contributed by atoms with Crippen molar-refractivity contribution in [2.24, 2.45) is 0 Å². The van der Waals surface area contributed by atoms with Crippen LogP contribution in [0.25, 0.3) is 54.9 Å². The van der Waals surface area contributed by atoms with Gasteiger partial charge < -0.3 is 9.80 Å². The predicted molar refractivity (Wildman–Crippen MR) is 246 cm³/mol. The molecule has 2 atom stereocenters. The topological polar surface area (TPSA) is 6.48 Å². The number of hydrogen-bond acceptors (Lipinski definition) is 2. The molecule has 0 saturated heterocycles. The SMILES string of the molecule is C1=CC2c3ccccc3N(c3cccc(-c4cccc(N(c5ccc(-c6cccc7ccccc67)cc5)c5cccc(-c6cccc7ccccc67)c5)c4)c3)C2C=C1. The van der Waals surface area contributed by atoms with Crippen molar-refractivity contribution < 1.29 is 0 Å². The van der Waals surface area contributed by atoms with E-state index in [-0.39, 0.29) is 6.04 Å². The lowest BCUT2D eigenvalue weighted by Gasteiger charge is -2.29. The summed E-state index contributed by atoms with van der Waals surface area (Å²) in [6.45, 7) is 0. The Labute approximate surface area is 339 Å². The van der Waals surface area contributed by atoms with Gasteiger partial charge >= 0.3 is 0 Å². The van der Waals surface area contributed by atoms with Crippen LogP contribution in [-0.4, -0.2) is 6.04 Å². The third kappa shape index (κ3) is 5.90. The molecule has 2 aliphatic rings. The van der Waals surface area contributed by atoms with Crippen LogP contribution >= 0.6 is 0 Å². The molecule has 9 aromatic carbocycles. The molecule has 0 spiro atoms. The quantitative estimate of drug-likeness (QED) is 0.161. The second-order valence-corrected chi connectivity index (χ2v) is 15.3. The van der Waals surface area contributed by atoms with Crippen LogP contribution in [-0.2, 0) is 0 Å². The fourth-order valence-corrected chi connectivity index (χ4v) is 9.25. The highest BCUT2D eigenvalue weighted by Crippen LogP contribution is 2.48. The number of hydrogen-bond donors (Lipinski definition) is 0. The lowest BCUT2D eigenvalue weighted by atomic mass is 9.91. The van der Waals surface area contributed by atoms with Crippen LogP contribution in [0.2, 0.25) is 0 Å². The maximum Gasteiger partial charge on any atom is 0.0629 e. The van der Waals surface area contributed by atoms with Gasteiger partial charge in [-0.15, -0.1) is 0 Å². The molecule has 58 heavy (non-hydrogen) atoms. The van der Waals surface area contributed by atoms with Crippen LogP contribution < -0.4 is 9.80 Å². The molecule has 11 rings (SSSR count). The van der Waals surface area contributed by atoms with Gasteiger partial charge in [-0.2, -0.15) is 0 Å². The zero-order valence-electron chi connectivity index (χ0n) is 32.0. The highest BCUT2D eigenvalue weighted by atomic mass is 15.2. The van der Waals surface area contributed by atoms with Gasteiger partial charge in [0.2, 0.25) is 0 Å². The largest absolute Gasteiger partial charge is 0.333 e. The van der Waals surface area contributed by atoms with Crippen LogP contribution in [0, 0.1) is 0 Å². The summed E-state index contributed by atoms with van der Waals surface area (Å²) in [5.74, 6) is 0.346. The lowest BCUT2D eigenvalue weighted by Crippen LogP contribution is -2.28. The Bertz CT molecular complexity index is 3030. The molecule has 274 valence electrons. The van der Waals surface area contributed by atoms with Crippen molar-refractivity contribution in [2.75, 3.05) is 9.80 Å². The first-order valence-corrected chi connectivity index (χ1v) is 20.2. The van der Waals surface area contributed by atoms with Crippen LogP contribution in [0.4, 0.5) is 28.4 Å². The third-order valence-electron chi connectivity index (χ3n) is 12.0. The maximum absolute atomic E-state index is 2.51. The highest BCUT2D eigenvalue weighted by molar-refractivity contribution is 5.99. The Hall–Kier alpha value is -7.42. The van der Waals surface area contributed by atoms with Gasteiger partial charge in [0.05, 0.1) is 6.04 Å². The molecule has 2 nitrogen and oxygen atoms in total. The average Bonchev–Trinajstić information content (AvgIpc) is 3.64. The van der Waals surface area contributed by atoms with Crippen molar-refractivity contribution in [1.29, 1.82) is 0 Å². The van der Waals surface area contributed by atoms with Crippen molar-refractivity contribution in [3.63, 3.8) is 0 Å². The molecule has 0 bridgehead atoms. The average molecular weight is 741 g/mol. The molecule has 0 fully saturated rings. The fourth-order valence-electron chi connectivity index (χ4n) is 9.25. The summed E-state index contributed by atoms with van der Waals surface area (Å²) >= 11 is 0. The molecule has 0 saturated carbocycles. The first-order chi connectivity index (χ1) is 28.8. The summed E-state index contributed by atoms with van der Waals surface area (Å²) in [6.07, 6.45) is 9.05. The summed E-state index contributed by atoms with van der Waals surface area (Å²) in [6, 6.07) is 75.6. The number of anilines is 5. The smallest absolute Gasteiger partial charge is 0.0629 e. The van der Waals surface area contributed by atoms with Crippen LogP contribution in [0.1, 0.15) is 11.5 Å². The molecule has 0 N–H and O–H groups in total. The standard InChI is InChI=1S/C56H40N2/c1-3-24-49-39(14-1)16-12-28-51(49)41-32-34-45(35-33-41)57(47-22-11-20-44(38-47)52-29-13-17-40-15-2-4-25-50(40)52)46-21-9-18-42(36-46)43-19-10-23-48(37-43)58-55-30-7-5-26-53(55)54-27-6-8-31-56(54)58/h1-38,53,55H. The molecule has 2 heteroatoms. The molecule has 1 heterocycles. The van der Waals surface area contributed by atoms with Crippen molar-refractivity contribution >= 4 is 50.0 Å². The first kappa shape index (κ1) is 33.9. The van der Waals surface area contributed by atoms with E-state index in [1.54, 1.807) is 0 Å². The third-order valence-corrected chi connectivity index (χ3v) is 12.0. The molecule has 2 unspecified atom stereocenters. The van der Waals surface area contributed by atoms with Crippen molar-refractivity contribution in [3.8, 4) is 33.4 Å². The van der Waals surface area contributed by atoms with E-state index in [0.717, 1.165) is 17.1 Å². The summed E-state index contributed by atoms with van der Waals surface area (Å²) in [7, 11) is 0. The molecule has 1 aliphatic carbocycles. The molecule has 9 aromatic rings. The summed E-state index contributed by atoms with van der Waals surface area (Å²) in [5, 5.41) is 5.00. The molecule has 0 radical (unpaired) electrons. The van der Waals surface area contributed by atoms with E-state index in [0.29, 0.717) is 5.92 Å². The first-order valence-electron chi connectivity index (χ1n) is 20.2. The van der Waals surface area contributed by atoms with E-state index in [9.17, 15) is 0 Å². The Balaban J connectivity index is 1.02. The van der Waals surface area contributed by atoms with E-state index in [4.69, 9.17) is 0 Å². The maximum atomic E-state index is 2.51. The Morgan fingerprint density at radius 1 is 0.379 bits per heavy atom. The molecule has 0 aromatic heterocycles. The van der Waals surface area contributed by atoms with E-state index in [1.807, 2.05) is 0 Å². The molecular weight excluding hydrogens is 701 g/mol. The van der Waals surface area contributed by atoms with E-state index in [2.05, 4.69) is 240 Å². The van der Waals surface area contributed by atoms with Crippen LogP contribution in [0.15, 0.2) is 231 Å². The number of allylic oxidation sites excluding steroid dienone is 2.